The van der Waals surface area contributed by atoms with E-state index in [0.29, 0.717) is 5.92 Å². The van der Waals surface area contributed by atoms with Crippen LogP contribution in [0.5, 0.6) is 0 Å². The summed E-state index contributed by atoms with van der Waals surface area (Å²) in [6.07, 6.45) is 4.17. The van der Waals surface area contributed by atoms with Gasteiger partial charge in [0.05, 0.1) is 11.4 Å². The van der Waals surface area contributed by atoms with Gasteiger partial charge >= 0.3 is 0 Å². The summed E-state index contributed by atoms with van der Waals surface area (Å²) in [6.45, 7) is 7.44. The van der Waals surface area contributed by atoms with Crippen molar-refractivity contribution in [2.24, 2.45) is 0 Å². The van der Waals surface area contributed by atoms with Gasteiger partial charge in [0.2, 0.25) is 0 Å². The zero-order valence-electron chi connectivity index (χ0n) is 12.8. The third-order valence-corrected chi connectivity index (χ3v) is 3.71. The Hall–Kier alpha value is -2.29. The molecule has 0 aliphatic carbocycles. The Morgan fingerprint density at radius 3 is 2.48 bits per heavy atom. The van der Waals surface area contributed by atoms with Gasteiger partial charge in [-0.05, 0) is 30.5 Å². The number of nitrogens with one attached hydrogen (secondary N) is 1. The summed E-state index contributed by atoms with van der Waals surface area (Å²) in [5.41, 5.74) is 5.62. The monoisotopic (exact) mass is 279 g/mol. The minimum atomic E-state index is 0.558. The molecule has 0 atom stereocenters. The molecule has 3 heteroatoms. The normalized spacial score (nSPS) is 11.2. The molecular formula is C18H21N3. The van der Waals surface area contributed by atoms with Crippen LogP contribution in [0.3, 0.4) is 0 Å². The van der Waals surface area contributed by atoms with Crippen molar-refractivity contribution in [2.75, 3.05) is 11.9 Å². The van der Waals surface area contributed by atoms with E-state index in [9.17, 15) is 0 Å². The Morgan fingerprint density at radius 2 is 1.81 bits per heavy atom. The largest absolute Gasteiger partial charge is 0.384 e. The number of anilines is 1. The molecular weight excluding hydrogens is 258 g/mol. The smallest absolute Gasteiger partial charge is 0.137 e. The van der Waals surface area contributed by atoms with Gasteiger partial charge in [-0.25, -0.2) is 4.98 Å². The second-order valence-corrected chi connectivity index (χ2v) is 5.62. The molecule has 0 spiro atoms. The van der Waals surface area contributed by atoms with E-state index in [1.807, 2.05) is 6.07 Å². The van der Waals surface area contributed by atoms with Crippen LogP contribution in [-0.4, -0.2) is 15.9 Å². The molecule has 3 rings (SSSR count). The van der Waals surface area contributed by atoms with Gasteiger partial charge < -0.3 is 9.72 Å². The number of aromatic nitrogens is 2. The van der Waals surface area contributed by atoms with Crippen LogP contribution in [0, 0.1) is 0 Å². The molecule has 0 amide bonds. The molecule has 0 bridgehead atoms. The topological polar surface area (TPSA) is 29.3 Å². The predicted molar refractivity (Wildman–Crippen MR) is 88.9 cm³/mol. The van der Waals surface area contributed by atoms with E-state index in [2.05, 4.69) is 73.2 Å². The van der Waals surface area contributed by atoms with Crippen molar-refractivity contribution in [3.8, 4) is 11.3 Å². The first kappa shape index (κ1) is 13.7. The van der Waals surface area contributed by atoms with Crippen LogP contribution >= 0.6 is 0 Å². The average Bonchev–Trinajstić information content (AvgIpc) is 2.91. The third kappa shape index (κ3) is 2.77. The fraction of sp³-hybridized carbons (Fsp3) is 0.278. The molecule has 1 aromatic carbocycles. The number of imidazole rings is 1. The lowest BCUT2D eigenvalue weighted by molar-refractivity contribution is 0.867. The number of rotatable bonds is 4. The van der Waals surface area contributed by atoms with Gasteiger partial charge in [-0.3, -0.25) is 0 Å². The Labute approximate surface area is 125 Å². The first-order valence-electron chi connectivity index (χ1n) is 7.50. The molecule has 2 heterocycles. The summed E-state index contributed by atoms with van der Waals surface area (Å²) >= 11 is 0. The zero-order chi connectivity index (χ0) is 14.8. The van der Waals surface area contributed by atoms with Crippen molar-refractivity contribution in [2.45, 2.75) is 26.7 Å². The summed E-state index contributed by atoms with van der Waals surface area (Å²) in [7, 11) is 0. The van der Waals surface area contributed by atoms with Gasteiger partial charge in [-0.2, -0.15) is 0 Å². The second kappa shape index (κ2) is 5.60. The van der Waals surface area contributed by atoms with Gasteiger partial charge in [0.25, 0.3) is 0 Å². The molecule has 0 fully saturated rings. The van der Waals surface area contributed by atoms with Gasteiger partial charge in [-0.15, -0.1) is 0 Å². The molecule has 0 radical (unpaired) electrons. The van der Waals surface area contributed by atoms with Gasteiger partial charge in [-0.1, -0.05) is 38.1 Å². The molecule has 2 aromatic heterocycles. The molecule has 3 nitrogen and oxygen atoms in total. The lowest BCUT2D eigenvalue weighted by atomic mass is 10.0. The van der Waals surface area contributed by atoms with E-state index in [4.69, 9.17) is 4.98 Å². The molecule has 0 saturated carbocycles. The number of hydrogen-bond acceptors (Lipinski definition) is 2. The van der Waals surface area contributed by atoms with Crippen molar-refractivity contribution in [1.29, 1.82) is 0 Å². The van der Waals surface area contributed by atoms with Gasteiger partial charge in [0.1, 0.15) is 5.65 Å². The Kier molecular flexibility index (Phi) is 3.65. The van der Waals surface area contributed by atoms with E-state index < -0.39 is 0 Å². The Bertz CT molecular complexity index is 739. The molecule has 108 valence electrons. The predicted octanol–water partition coefficient (Wildman–Crippen LogP) is 4.56. The van der Waals surface area contributed by atoms with Crippen molar-refractivity contribution in [3.63, 3.8) is 0 Å². The minimum Gasteiger partial charge on any atom is -0.384 e. The third-order valence-electron chi connectivity index (χ3n) is 3.71. The Morgan fingerprint density at radius 1 is 1.05 bits per heavy atom. The molecule has 0 aliphatic rings. The average molecular weight is 279 g/mol. The van der Waals surface area contributed by atoms with E-state index in [1.165, 1.54) is 5.56 Å². The Balaban J connectivity index is 1.96. The number of hydrogen-bond donors (Lipinski definition) is 1. The molecule has 21 heavy (non-hydrogen) atoms. The quantitative estimate of drug-likeness (QED) is 0.758. The minimum absolute atomic E-state index is 0.558. The van der Waals surface area contributed by atoms with Gasteiger partial charge in [0, 0.05) is 24.5 Å². The van der Waals surface area contributed by atoms with Crippen LogP contribution in [-0.2, 0) is 0 Å². The highest BCUT2D eigenvalue weighted by Gasteiger charge is 2.06. The summed E-state index contributed by atoms with van der Waals surface area (Å²) in [4.78, 5) is 4.69. The molecule has 0 aliphatic heterocycles. The second-order valence-electron chi connectivity index (χ2n) is 5.62. The fourth-order valence-corrected chi connectivity index (χ4v) is 2.48. The van der Waals surface area contributed by atoms with Crippen molar-refractivity contribution in [1.82, 2.24) is 9.38 Å². The maximum Gasteiger partial charge on any atom is 0.137 e. The number of fused-ring (bicyclic) bond motifs is 1. The zero-order valence-corrected chi connectivity index (χ0v) is 12.8. The highest BCUT2D eigenvalue weighted by molar-refractivity contribution is 5.64. The van der Waals surface area contributed by atoms with Gasteiger partial charge in [0.15, 0.2) is 0 Å². The lowest BCUT2D eigenvalue weighted by Gasteiger charge is -2.05. The maximum absolute atomic E-state index is 4.69. The first-order chi connectivity index (χ1) is 10.2. The molecule has 3 aromatic rings. The van der Waals surface area contributed by atoms with Crippen LogP contribution < -0.4 is 5.32 Å². The summed E-state index contributed by atoms with van der Waals surface area (Å²) < 4.78 is 2.07. The summed E-state index contributed by atoms with van der Waals surface area (Å²) in [6, 6.07) is 12.8. The molecule has 1 N–H and O–H groups in total. The van der Waals surface area contributed by atoms with Crippen LogP contribution in [0.2, 0.25) is 0 Å². The number of benzene rings is 1. The number of nitrogens with zero attached hydrogens (tertiary/aromatic N) is 2. The highest BCUT2D eigenvalue weighted by Crippen LogP contribution is 2.23. The van der Waals surface area contributed by atoms with E-state index in [0.717, 1.165) is 29.1 Å². The van der Waals surface area contributed by atoms with Crippen LogP contribution in [0.1, 0.15) is 32.3 Å². The SMILES string of the molecule is CCNc1ccc2nc(-c3ccc(C(C)C)cc3)cn2c1. The van der Waals surface area contributed by atoms with Crippen LogP contribution in [0.25, 0.3) is 16.9 Å². The molecule has 0 saturated heterocycles. The summed E-state index contributed by atoms with van der Waals surface area (Å²) in [5.74, 6) is 0.558. The van der Waals surface area contributed by atoms with Crippen LogP contribution in [0.4, 0.5) is 5.69 Å². The van der Waals surface area contributed by atoms with E-state index in [-0.39, 0.29) is 0 Å². The van der Waals surface area contributed by atoms with E-state index >= 15 is 0 Å². The van der Waals surface area contributed by atoms with Crippen LogP contribution in [0.15, 0.2) is 48.8 Å². The number of pyridine rings is 1. The summed E-state index contributed by atoms with van der Waals surface area (Å²) in [5, 5.41) is 3.32. The van der Waals surface area contributed by atoms with Crippen molar-refractivity contribution < 1.29 is 0 Å². The molecule has 0 unspecified atom stereocenters. The lowest BCUT2D eigenvalue weighted by Crippen LogP contribution is -1.97. The van der Waals surface area contributed by atoms with E-state index in [1.54, 1.807) is 0 Å². The fourth-order valence-electron chi connectivity index (χ4n) is 2.48. The standard InChI is InChI=1S/C18H21N3/c1-4-19-16-9-10-18-20-17(12-21(18)11-16)15-7-5-14(6-8-15)13(2)3/h5-13,19H,4H2,1-3H3. The maximum atomic E-state index is 4.69. The van der Waals surface area contributed by atoms with Crippen molar-refractivity contribution >= 4 is 11.3 Å². The first-order valence-corrected chi connectivity index (χ1v) is 7.50. The highest BCUT2D eigenvalue weighted by atomic mass is 15.0. The van der Waals surface area contributed by atoms with Crippen molar-refractivity contribution in [3.05, 3.63) is 54.4 Å².